The highest BCUT2D eigenvalue weighted by Gasteiger charge is 2.26. The van der Waals surface area contributed by atoms with Crippen LogP contribution in [0.1, 0.15) is 51.0 Å². The molecule has 0 unspecified atom stereocenters. The van der Waals surface area contributed by atoms with Gasteiger partial charge >= 0.3 is 0 Å². The largest absolute Gasteiger partial charge is 0.366 e. The Kier molecular flexibility index (Phi) is 7.95. The number of hydrogen-bond acceptors (Lipinski definition) is 5. The number of aromatic nitrogens is 3. The molecule has 1 aliphatic carbocycles. The van der Waals surface area contributed by atoms with Crippen molar-refractivity contribution in [2.24, 2.45) is 10.7 Å². The first-order chi connectivity index (χ1) is 19.7. The van der Waals surface area contributed by atoms with Gasteiger partial charge in [-0.3, -0.25) is 24.2 Å². The van der Waals surface area contributed by atoms with Gasteiger partial charge in [0, 0.05) is 42.3 Å². The van der Waals surface area contributed by atoms with Gasteiger partial charge in [0.2, 0.25) is 5.91 Å². The molecule has 1 atom stereocenters. The van der Waals surface area contributed by atoms with Crippen molar-refractivity contribution < 1.29 is 22.8 Å². The summed E-state index contributed by atoms with van der Waals surface area (Å²) in [6, 6.07) is 9.53. The van der Waals surface area contributed by atoms with E-state index in [0.717, 1.165) is 48.3 Å². The first kappa shape index (κ1) is 27.8. The van der Waals surface area contributed by atoms with Crippen LogP contribution in [0.2, 0.25) is 0 Å². The van der Waals surface area contributed by atoms with Crippen molar-refractivity contribution in [3.8, 4) is 11.1 Å². The predicted octanol–water partition coefficient (Wildman–Crippen LogP) is 4.10. The van der Waals surface area contributed by atoms with Gasteiger partial charge in [-0.05, 0) is 67.1 Å². The minimum Gasteiger partial charge on any atom is -0.366 e. The third-order valence-corrected chi connectivity index (χ3v) is 6.99. The molecule has 0 saturated heterocycles. The Labute approximate surface area is 234 Å². The number of carbonyl (C=O) groups excluding carboxylic acids is 2. The zero-order valence-corrected chi connectivity index (χ0v) is 22.2. The van der Waals surface area contributed by atoms with Crippen molar-refractivity contribution in [3.05, 3.63) is 106 Å². The number of carbonyl (C=O) groups is 2. The normalized spacial score (nSPS) is 13.4. The van der Waals surface area contributed by atoms with E-state index in [1.165, 1.54) is 30.5 Å². The molecule has 2 heterocycles. The summed E-state index contributed by atoms with van der Waals surface area (Å²) in [5.74, 6) is -3.61. The van der Waals surface area contributed by atoms with E-state index in [-0.39, 0.29) is 18.5 Å². The Bertz CT molecular complexity index is 1650. The molecule has 0 fully saturated rings. The number of amides is 2. The number of nitrogens with one attached hydrogen (secondary N) is 1. The average Bonchev–Trinajstić information content (AvgIpc) is 3.53. The molecular weight excluding hydrogens is 533 g/mol. The maximum absolute atomic E-state index is 14.2. The molecule has 4 aromatic rings. The van der Waals surface area contributed by atoms with E-state index < -0.39 is 35.3 Å². The van der Waals surface area contributed by atoms with Crippen molar-refractivity contribution >= 4 is 18.0 Å². The van der Waals surface area contributed by atoms with Crippen LogP contribution in [-0.4, -0.2) is 39.8 Å². The zero-order valence-electron chi connectivity index (χ0n) is 22.2. The standard InChI is InChI=1S/C30H27F3N6O2/c1-35-15-26-22-4-2-6-27(22)39(38-26)16-28(40)37-25(12-17-10-19(31)14-20(32)11-17)29-21(5-3-9-36-29)18-7-8-24(33)23(13-18)30(34)41/h3,5,7-11,13-15,25H,2,4,6,12,16H2,1H3,(H2,34,41)(H,37,40)/t25-/m0/s1. The zero-order chi connectivity index (χ0) is 29.1. The SMILES string of the molecule is CN=Cc1nn(CC(=O)N[C@@H](Cc2cc(F)cc(F)c2)c2ncccc2-c2ccc(F)c(C(N)=O)c2)c2c1CCC2. The summed E-state index contributed by atoms with van der Waals surface area (Å²) in [7, 11) is 1.66. The Morgan fingerprint density at radius 3 is 2.63 bits per heavy atom. The van der Waals surface area contributed by atoms with Crippen molar-refractivity contribution in [2.45, 2.75) is 38.3 Å². The molecule has 3 N–H and O–H groups in total. The molecule has 0 bridgehead atoms. The Morgan fingerprint density at radius 1 is 1.12 bits per heavy atom. The minimum atomic E-state index is -0.936. The van der Waals surface area contributed by atoms with Gasteiger partial charge < -0.3 is 11.1 Å². The van der Waals surface area contributed by atoms with Crippen LogP contribution in [0.15, 0.2) is 59.7 Å². The number of pyridine rings is 1. The fourth-order valence-electron chi connectivity index (χ4n) is 5.27. The maximum Gasteiger partial charge on any atom is 0.251 e. The second kappa shape index (κ2) is 11.7. The molecule has 5 rings (SSSR count). The van der Waals surface area contributed by atoms with Crippen LogP contribution in [-0.2, 0) is 30.6 Å². The van der Waals surface area contributed by atoms with E-state index in [0.29, 0.717) is 22.4 Å². The Morgan fingerprint density at radius 2 is 1.90 bits per heavy atom. The summed E-state index contributed by atoms with van der Waals surface area (Å²) >= 11 is 0. The Balaban J connectivity index is 1.52. The van der Waals surface area contributed by atoms with Crippen LogP contribution in [0.3, 0.4) is 0 Å². The van der Waals surface area contributed by atoms with Crippen molar-refractivity contribution in [1.82, 2.24) is 20.1 Å². The van der Waals surface area contributed by atoms with Gasteiger partial charge in [0.25, 0.3) is 5.91 Å². The summed E-state index contributed by atoms with van der Waals surface area (Å²) in [4.78, 5) is 33.8. The number of aliphatic imine (C=N–C) groups is 1. The average molecular weight is 561 g/mol. The van der Waals surface area contributed by atoms with Gasteiger partial charge in [-0.15, -0.1) is 0 Å². The van der Waals surface area contributed by atoms with E-state index in [2.05, 4.69) is 20.4 Å². The molecule has 0 spiro atoms. The highest BCUT2D eigenvalue weighted by atomic mass is 19.1. The molecule has 0 aliphatic heterocycles. The maximum atomic E-state index is 14.2. The molecular formula is C30H27F3N6O2. The van der Waals surface area contributed by atoms with Gasteiger partial charge in [0.05, 0.1) is 17.3 Å². The van der Waals surface area contributed by atoms with Gasteiger partial charge in [-0.1, -0.05) is 12.1 Å². The van der Waals surface area contributed by atoms with E-state index in [4.69, 9.17) is 5.73 Å². The molecule has 2 amide bonds. The predicted molar refractivity (Wildman–Crippen MR) is 147 cm³/mol. The quantitative estimate of drug-likeness (QED) is 0.300. The van der Waals surface area contributed by atoms with Crippen LogP contribution in [0, 0.1) is 17.5 Å². The van der Waals surface area contributed by atoms with E-state index in [1.54, 1.807) is 30.1 Å². The lowest BCUT2D eigenvalue weighted by Crippen LogP contribution is -2.34. The van der Waals surface area contributed by atoms with Crippen LogP contribution in [0.5, 0.6) is 0 Å². The molecule has 8 nitrogen and oxygen atoms in total. The number of rotatable bonds is 9. The number of benzene rings is 2. The molecule has 41 heavy (non-hydrogen) atoms. The number of nitrogens with two attached hydrogens (primary N) is 1. The first-order valence-electron chi connectivity index (χ1n) is 13.0. The summed E-state index contributed by atoms with van der Waals surface area (Å²) in [6.07, 6.45) is 5.78. The number of halogens is 3. The van der Waals surface area contributed by atoms with Crippen molar-refractivity contribution in [1.29, 1.82) is 0 Å². The third kappa shape index (κ3) is 6.03. The van der Waals surface area contributed by atoms with Crippen LogP contribution >= 0.6 is 0 Å². The molecule has 0 saturated carbocycles. The monoisotopic (exact) mass is 560 g/mol. The fraction of sp³-hybridized carbons (Fsp3) is 0.233. The van der Waals surface area contributed by atoms with Crippen molar-refractivity contribution in [3.63, 3.8) is 0 Å². The number of hydrogen-bond donors (Lipinski definition) is 2. The van der Waals surface area contributed by atoms with Crippen LogP contribution in [0.25, 0.3) is 11.1 Å². The highest BCUT2D eigenvalue weighted by Crippen LogP contribution is 2.31. The highest BCUT2D eigenvalue weighted by molar-refractivity contribution is 5.94. The molecule has 210 valence electrons. The molecule has 0 radical (unpaired) electrons. The van der Waals surface area contributed by atoms with Crippen molar-refractivity contribution in [2.75, 3.05) is 7.05 Å². The molecule has 11 heteroatoms. The smallest absolute Gasteiger partial charge is 0.251 e. The van der Waals surface area contributed by atoms with E-state index in [9.17, 15) is 22.8 Å². The number of primary amides is 1. The molecule has 2 aromatic carbocycles. The lowest BCUT2D eigenvalue weighted by atomic mass is 9.94. The summed E-state index contributed by atoms with van der Waals surface area (Å²) in [5, 5.41) is 7.51. The topological polar surface area (TPSA) is 115 Å². The lowest BCUT2D eigenvalue weighted by Gasteiger charge is -2.22. The first-order valence-corrected chi connectivity index (χ1v) is 13.0. The fourth-order valence-corrected chi connectivity index (χ4v) is 5.27. The van der Waals surface area contributed by atoms with Crippen LogP contribution < -0.4 is 11.1 Å². The molecule has 1 aliphatic rings. The lowest BCUT2D eigenvalue weighted by molar-refractivity contribution is -0.122. The number of nitrogens with zero attached hydrogens (tertiary/aromatic N) is 4. The van der Waals surface area contributed by atoms with Gasteiger partial charge in [-0.25, -0.2) is 13.2 Å². The molecule has 2 aromatic heterocycles. The van der Waals surface area contributed by atoms with E-state index >= 15 is 0 Å². The second-order valence-electron chi connectivity index (χ2n) is 9.81. The minimum absolute atomic E-state index is 0.000733. The number of fused-ring (bicyclic) bond motifs is 1. The summed E-state index contributed by atoms with van der Waals surface area (Å²) in [6.45, 7) is -0.0849. The van der Waals surface area contributed by atoms with Gasteiger partial charge in [0.1, 0.15) is 29.7 Å². The van der Waals surface area contributed by atoms with Crippen LogP contribution in [0.4, 0.5) is 13.2 Å². The van der Waals surface area contributed by atoms with Gasteiger partial charge in [0.15, 0.2) is 0 Å². The third-order valence-electron chi connectivity index (χ3n) is 6.99. The second-order valence-corrected chi connectivity index (χ2v) is 9.81. The summed E-state index contributed by atoms with van der Waals surface area (Å²) in [5.41, 5.74) is 9.39. The van der Waals surface area contributed by atoms with Gasteiger partial charge in [-0.2, -0.15) is 5.10 Å². The van der Waals surface area contributed by atoms with E-state index in [1.807, 2.05) is 0 Å². The Hall–Kier alpha value is -4.80. The summed E-state index contributed by atoms with van der Waals surface area (Å²) < 4.78 is 44.0.